The molecule has 2 saturated heterocycles. The van der Waals surface area contributed by atoms with Crippen LogP contribution in [0.25, 0.3) is 44.3 Å². The van der Waals surface area contributed by atoms with Crippen molar-refractivity contribution in [3.63, 3.8) is 0 Å². The Hall–Kier alpha value is -7.63. The lowest BCUT2D eigenvalue weighted by Crippen LogP contribution is -2.43. The van der Waals surface area contributed by atoms with Gasteiger partial charge in [0, 0.05) is 84.5 Å². The average molecular weight is 1370 g/mol. The standard InChI is InChI=1S/C36H44ClN5O4S.C24H24ClN5O2S.C11H19NO3/c1-36(2,3)46-35(43)41-21-9-10-26(23-41)16-15-25-17-19-27(20-18-25)39-34-38-22-31(37)33(40-34)30-24-42(32-14-8-7-13-29(30)32)47(44,45)28-11-5-4-6-12-28;25-21-14-27-24(28-17-12-10-16(26)11-13-17)29-23(21)20-15-30(22-9-5-4-8-19(20)22)33(31,32)18-6-2-1-3-7-18;1-11(2,3)15-10(14)12-6-4-5-9(7-12)8-13/h4-8,11-14,22,24-27H,9-10,15-21,23H2,1-3H3,(H,38,39,40);1-9,14-17H,10-13,26H2,(H,27,28,29);8-9H,4-7H2,1-3H3. The van der Waals surface area contributed by atoms with Gasteiger partial charge in [0.25, 0.3) is 20.0 Å². The zero-order chi connectivity index (χ0) is 67.7. The summed E-state index contributed by atoms with van der Waals surface area (Å²) in [4.78, 5) is 57.1. The van der Waals surface area contributed by atoms with Crippen molar-refractivity contribution in [2.24, 2.45) is 23.5 Å². The first-order chi connectivity index (χ1) is 45.3. The number of nitrogens with zero attached hydrogens (tertiary/aromatic N) is 8. The van der Waals surface area contributed by atoms with Crippen molar-refractivity contribution in [2.75, 3.05) is 36.8 Å². The van der Waals surface area contributed by atoms with Crippen molar-refractivity contribution in [1.29, 1.82) is 0 Å². The zero-order valence-corrected chi connectivity index (χ0v) is 58.0. The lowest BCUT2D eigenvalue weighted by Gasteiger charge is -2.35. The van der Waals surface area contributed by atoms with Crippen LogP contribution in [0, 0.1) is 17.8 Å². The number of para-hydroxylation sites is 2. The second-order valence-electron chi connectivity index (χ2n) is 27.2. The highest BCUT2D eigenvalue weighted by atomic mass is 35.5. The Morgan fingerprint density at radius 2 is 0.968 bits per heavy atom. The molecule has 95 heavy (non-hydrogen) atoms. The molecular weight excluding hydrogens is 1290 g/mol. The molecule has 12 rings (SSSR count). The summed E-state index contributed by atoms with van der Waals surface area (Å²) in [5, 5.41) is 9.11. The summed E-state index contributed by atoms with van der Waals surface area (Å²) >= 11 is 13.2. The minimum atomic E-state index is -3.84. The number of hydrogen-bond acceptors (Lipinski definition) is 16. The highest BCUT2D eigenvalue weighted by Crippen LogP contribution is 2.39. The number of carbonyl (C=O) groups is 3. The van der Waals surface area contributed by atoms with E-state index in [9.17, 15) is 31.2 Å². The number of nitrogens with one attached hydrogen (secondary N) is 2. The summed E-state index contributed by atoms with van der Waals surface area (Å²) in [6, 6.07) is 32.2. The number of aromatic nitrogens is 6. The van der Waals surface area contributed by atoms with Crippen molar-refractivity contribution in [3.8, 4) is 22.5 Å². The number of carbonyl (C=O) groups excluding carboxylic acids is 3. The molecule has 24 heteroatoms. The summed E-state index contributed by atoms with van der Waals surface area (Å²) < 4.78 is 67.5. The van der Waals surface area contributed by atoms with Gasteiger partial charge in [0.2, 0.25) is 11.9 Å². The fraction of sp³-hybridized carbons (Fsp3) is 0.451. The molecule has 4 aromatic heterocycles. The van der Waals surface area contributed by atoms with E-state index in [1.54, 1.807) is 102 Å². The SMILES string of the molecule is CC(C)(C)OC(=O)N1CCCC(C=O)C1.CC(C)(C)OC(=O)N1CCCC(CCC2CCC(Nc3ncc(Cl)c(-c4cn(S(=O)(=O)c5ccccc5)c5ccccc45)n3)CC2)C1.NC1CCC(Nc2ncc(Cl)c(-c3cn(S(=O)(=O)c4ccccc4)c4ccccc34)n2)CC1. The van der Waals surface area contributed by atoms with Crippen LogP contribution in [0.3, 0.4) is 0 Å². The number of aldehydes is 1. The molecule has 2 unspecified atom stereocenters. The fourth-order valence-electron chi connectivity index (χ4n) is 12.8. The van der Waals surface area contributed by atoms with Gasteiger partial charge in [-0.3, -0.25) is 0 Å². The molecule has 0 spiro atoms. The van der Waals surface area contributed by atoms with E-state index in [-0.39, 0.29) is 46.0 Å². The Morgan fingerprint density at radius 3 is 1.42 bits per heavy atom. The van der Waals surface area contributed by atoms with Crippen molar-refractivity contribution in [2.45, 2.75) is 171 Å². The molecule has 506 valence electrons. The van der Waals surface area contributed by atoms with Crippen LogP contribution in [0.1, 0.15) is 131 Å². The number of anilines is 2. The molecule has 2 saturated carbocycles. The van der Waals surface area contributed by atoms with Crippen molar-refractivity contribution in [3.05, 3.63) is 144 Å². The Balaban J connectivity index is 0.000000177. The molecule has 2 aliphatic heterocycles. The van der Waals surface area contributed by atoms with E-state index in [2.05, 4.69) is 25.6 Å². The van der Waals surface area contributed by atoms with Gasteiger partial charge in [0.1, 0.15) is 17.5 Å². The number of fused-ring (bicyclic) bond motifs is 2. The monoisotopic (exact) mass is 1370 g/mol. The minimum Gasteiger partial charge on any atom is -0.444 e. The zero-order valence-electron chi connectivity index (χ0n) is 54.9. The second kappa shape index (κ2) is 30.6. The van der Waals surface area contributed by atoms with Gasteiger partial charge < -0.3 is 40.4 Å². The largest absolute Gasteiger partial charge is 0.444 e. The Labute approximate surface area is 567 Å². The molecule has 4 aliphatic rings. The molecule has 2 amide bonds. The minimum absolute atomic E-state index is 0.0220. The molecule has 4 aromatic carbocycles. The molecular formula is C71H87Cl2N11O9S2. The van der Waals surface area contributed by atoms with Crippen molar-refractivity contribution < 1.29 is 40.7 Å². The molecule has 4 fully saturated rings. The predicted molar refractivity (Wildman–Crippen MR) is 374 cm³/mol. The topological polar surface area (TPSA) is 256 Å². The van der Waals surface area contributed by atoms with E-state index in [4.69, 9.17) is 43.4 Å². The highest BCUT2D eigenvalue weighted by molar-refractivity contribution is 7.90. The summed E-state index contributed by atoms with van der Waals surface area (Å²) in [6.45, 7) is 14.0. The quantitative estimate of drug-likeness (QED) is 0.0855. The van der Waals surface area contributed by atoms with E-state index in [0.29, 0.717) is 80.4 Å². The second-order valence-corrected chi connectivity index (χ2v) is 31.7. The van der Waals surface area contributed by atoms with Crippen LogP contribution >= 0.6 is 23.2 Å². The van der Waals surface area contributed by atoms with Gasteiger partial charge in [-0.2, -0.15) is 0 Å². The molecule has 0 radical (unpaired) electrons. The van der Waals surface area contributed by atoms with Crippen LogP contribution in [-0.2, 0) is 34.3 Å². The van der Waals surface area contributed by atoms with Crippen molar-refractivity contribution in [1.82, 2.24) is 37.7 Å². The van der Waals surface area contributed by atoms with E-state index in [1.165, 1.54) is 20.8 Å². The number of benzene rings is 4. The molecule has 6 heterocycles. The van der Waals surface area contributed by atoms with Crippen LogP contribution in [0.4, 0.5) is 21.5 Å². The van der Waals surface area contributed by atoms with Crippen LogP contribution < -0.4 is 16.4 Å². The summed E-state index contributed by atoms with van der Waals surface area (Å²) in [6.07, 6.45) is 21.2. The van der Waals surface area contributed by atoms with Gasteiger partial charge in [-0.05, 0) is 173 Å². The summed E-state index contributed by atoms with van der Waals surface area (Å²) in [7, 11) is -7.64. The van der Waals surface area contributed by atoms with Crippen LogP contribution in [0.5, 0.6) is 0 Å². The molecule has 4 N–H and O–H groups in total. The molecule has 2 aliphatic carbocycles. The van der Waals surface area contributed by atoms with Crippen molar-refractivity contribution >= 4 is 95.4 Å². The number of likely N-dealkylation sites (tertiary alicyclic amines) is 2. The van der Waals surface area contributed by atoms with Gasteiger partial charge in [-0.25, -0.2) is 54.3 Å². The maximum absolute atomic E-state index is 13.6. The van der Waals surface area contributed by atoms with E-state index in [0.717, 1.165) is 107 Å². The normalized spacial score (nSPS) is 20.3. The van der Waals surface area contributed by atoms with Crippen LogP contribution in [0.15, 0.2) is 144 Å². The Kier molecular flexibility index (Phi) is 22.6. The number of halogens is 2. The van der Waals surface area contributed by atoms with Crippen LogP contribution in [-0.4, -0.2) is 128 Å². The number of nitrogens with two attached hydrogens (primary N) is 1. The number of piperidine rings is 2. The fourth-order valence-corrected chi connectivity index (χ4v) is 16.0. The lowest BCUT2D eigenvalue weighted by atomic mass is 9.81. The number of hydrogen-bond donors (Lipinski definition) is 3. The summed E-state index contributed by atoms with van der Waals surface area (Å²) in [5.41, 5.74) is 8.43. The Bertz CT molecular complexity index is 4190. The number of amides is 2. The number of rotatable bonds is 14. The molecule has 0 bridgehead atoms. The summed E-state index contributed by atoms with van der Waals surface area (Å²) in [5.74, 6) is 2.13. The predicted octanol–water partition coefficient (Wildman–Crippen LogP) is 14.9. The highest BCUT2D eigenvalue weighted by Gasteiger charge is 2.32. The first-order valence-corrected chi connectivity index (χ1v) is 36.5. The first-order valence-electron chi connectivity index (χ1n) is 32.9. The number of ether oxygens (including phenoxy) is 2. The van der Waals surface area contributed by atoms with E-state index < -0.39 is 31.2 Å². The van der Waals surface area contributed by atoms with Gasteiger partial charge in [-0.1, -0.05) is 102 Å². The van der Waals surface area contributed by atoms with Gasteiger partial charge in [0.05, 0.1) is 54.7 Å². The molecule has 2 atom stereocenters. The third kappa shape index (κ3) is 17.9. The van der Waals surface area contributed by atoms with Gasteiger partial charge in [0.15, 0.2) is 0 Å². The van der Waals surface area contributed by atoms with Crippen LogP contribution in [0.2, 0.25) is 10.0 Å². The molecule has 20 nitrogen and oxygen atoms in total. The maximum Gasteiger partial charge on any atom is 0.410 e. The average Bonchev–Trinajstić information content (AvgIpc) is 1.61. The van der Waals surface area contributed by atoms with Gasteiger partial charge in [-0.15, -0.1) is 0 Å². The molecule has 8 aromatic rings. The Morgan fingerprint density at radius 1 is 0.558 bits per heavy atom. The smallest absolute Gasteiger partial charge is 0.410 e. The third-order valence-electron chi connectivity index (χ3n) is 17.7. The maximum atomic E-state index is 13.6. The third-order valence-corrected chi connectivity index (χ3v) is 21.6. The first kappa shape index (κ1) is 70.2. The van der Waals surface area contributed by atoms with E-state index in [1.807, 2.05) is 82.8 Å². The lowest BCUT2D eigenvalue weighted by molar-refractivity contribution is -0.112. The van der Waals surface area contributed by atoms with E-state index >= 15 is 0 Å². The van der Waals surface area contributed by atoms with Gasteiger partial charge >= 0.3 is 12.2 Å².